The Balaban J connectivity index is 2.23. The quantitative estimate of drug-likeness (QED) is 0.850. The first-order valence-corrected chi connectivity index (χ1v) is 8.47. The Bertz CT molecular complexity index is 559. The lowest BCUT2D eigenvalue weighted by molar-refractivity contribution is 0.133. The summed E-state index contributed by atoms with van der Waals surface area (Å²) in [7, 11) is -3.62. The van der Waals surface area contributed by atoms with Crippen molar-refractivity contribution in [2.45, 2.75) is 44.3 Å². The van der Waals surface area contributed by atoms with Crippen LogP contribution >= 0.6 is 0 Å². The van der Waals surface area contributed by atoms with Gasteiger partial charge in [-0.3, -0.25) is 0 Å². The lowest BCUT2D eigenvalue weighted by Gasteiger charge is -2.28. The maximum Gasteiger partial charge on any atom is 0.214 e. The molecule has 2 rings (SSSR count). The highest BCUT2D eigenvalue weighted by atomic mass is 32.2. The van der Waals surface area contributed by atoms with Gasteiger partial charge in [-0.2, -0.15) is 4.72 Å². The summed E-state index contributed by atoms with van der Waals surface area (Å²) in [6.45, 7) is 1.73. The van der Waals surface area contributed by atoms with Crippen molar-refractivity contribution in [2.75, 3.05) is 5.75 Å². The van der Waals surface area contributed by atoms with Gasteiger partial charge in [-0.15, -0.1) is 0 Å². The molecule has 0 radical (unpaired) electrons. The molecule has 0 aliphatic heterocycles. The highest BCUT2D eigenvalue weighted by molar-refractivity contribution is 7.89. The van der Waals surface area contributed by atoms with Crippen molar-refractivity contribution in [3.63, 3.8) is 0 Å². The zero-order chi connectivity index (χ0) is 14.8. The molecule has 112 valence electrons. The highest BCUT2D eigenvalue weighted by Gasteiger charge is 2.46. The SMILES string of the molecule is CCCS(=O)(=O)NC1(F)CCCC1c1ccc(F)cc1. The van der Waals surface area contributed by atoms with Crippen LogP contribution in [-0.4, -0.2) is 20.0 Å². The average molecular weight is 303 g/mol. The van der Waals surface area contributed by atoms with Gasteiger partial charge >= 0.3 is 0 Å². The molecule has 1 aliphatic carbocycles. The van der Waals surface area contributed by atoms with E-state index in [1.54, 1.807) is 6.92 Å². The second kappa shape index (κ2) is 5.77. The molecule has 3 nitrogen and oxygen atoms in total. The predicted molar refractivity (Wildman–Crippen MR) is 74.0 cm³/mol. The van der Waals surface area contributed by atoms with Crippen LogP contribution in [0.3, 0.4) is 0 Å². The topological polar surface area (TPSA) is 46.2 Å². The van der Waals surface area contributed by atoms with E-state index in [0.29, 0.717) is 24.8 Å². The fraction of sp³-hybridized carbons (Fsp3) is 0.571. The maximum atomic E-state index is 15.0. The molecule has 1 N–H and O–H groups in total. The Kier molecular flexibility index (Phi) is 4.44. The van der Waals surface area contributed by atoms with Crippen molar-refractivity contribution < 1.29 is 17.2 Å². The molecule has 1 saturated carbocycles. The summed E-state index contributed by atoms with van der Waals surface area (Å²) in [5.41, 5.74) is 0.630. The van der Waals surface area contributed by atoms with Gasteiger partial charge in [0.05, 0.1) is 5.75 Å². The number of hydrogen-bond donors (Lipinski definition) is 1. The number of nitrogens with one attached hydrogen (secondary N) is 1. The number of sulfonamides is 1. The van der Waals surface area contributed by atoms with Crippen molar-refractivity contribution in [1.82, 2.24) is 4.72 Å². The fourth-order valence-corrected chi connectivity index (χ4v) is 4.19. The minimum absolute atomic E-state index is 0.0885. The Labute approximate surface area is 118 Å². The first-order chi connectivity index (χ1) is 9.36. The number of benzene rings is 1. The largest absolute Gasteiger partial charge is 0.225 e. The molecule has 1 fully saturated rings. The maximum absolute atomic E-state index is 15.0. The second-order valence-electron chi connectivity index (χ2n) is 5.28. The molecular formula is C14H19F2NO2S. The molecule has 1 aromatic rings. The van der Waals surface area contributed by atoms with Gasteiger partial charge in [0.25, 0.3) is 0 Å². The minimum Gasteiger partial charge on any atom is -0.225 e. The van der Waals surface area contributed by atoms with E-state index in [2.05, 4.69) is 4.72 Å². The van der Waals surface area contributed by atoms with Gasteiger partial charge in [0.2, 0.25) is 10.0 Å². The summed E-state index contributed by atoms with van der Waals surface area (Å²) in [6, 6.07) is 5.59. The molecule has 0 heterocycles. The zero-order valence-corrected chi connectivity index (χ0v) is 12.2. The van der Waals surface area contributed by atoms with Crippen LogP contribution in [0.4, 0.5) is 8.78 Å². The van der Waals surface area contributed by atoms with Gasteiger partial charge in [0, 0.05) is 5.92 Å². The smallest absolute Gasteiger partial charge is 0.214 e. The molecule has 0 amide bonds. The number of rotatable bonds is 5. The lowest BCUT2D eigenvalue weighted by atomic mass is 9.93. The van der Waals surface area contributed by atoms with Crippen molar-refractivity contribution in [3.05, 3.63) is 35.6 Å². The predicted octanol–water partition coefficient (Wildman–Crippen LogP) is 3.09. The van der Waals surface area contributed by atoms with Crippen LogP contribution in [0.25, 0.3) is 0 Å². The van der Waals surface area contributed by atoms with Gasteiger partial charge < -0.3 is 0 Å². The van der Waals surface area contributed by atoms with Gasteiger partial charge in [-0.05, 0) is 43.4 Å². The van der Waals surface area contributed by atoms with E-state index in [-0.39, 0.29) is 18.0 Å². The van der Waals surface area contributed by atoms with E-state index in [9.17, 15) is 17.2 Å². The molecule has 0 spiro atoms. The van der Waals surface area contributed by atoms with E-state index < -0.39 is 21.7 Å². The molecular weight excluding hydrogens is 284 g/mol. The van der Waals surface area contributed by atoms with E-state index in [1.165, 1.54) is 24.3 Å². The van der Waals surface area contributed by atoms with Crippen LogP contribution in [0.5, 0.6) is 0 Å². The first-order valence-electron chi connectivity index (χ1n) is 6.82. The summed E-state index contributed by atoms with van der Waals surface area (Å²) >= 11 is 0. The molecule has 6 heteroatoms. The van der Waals surface area contributed by atoms with Crippen molar-refractivity contribution in [2.24, 2.45) is 0 Å². The summed E-state index contributed by atoms with van der Waals surface area (Å²) in [4.78, 5) is 0. The first kappa shape index (κ1) is 15.4. The summed E-state index contributed by atoms with van der Waals surface area (Å²) in [5.74, 6) is -3.00. The van der Waals surface area contributed by atoms with Crippen LogP contribution < -0.4 is 4.72 Å². The van der Waals surface area contributed by atoms with E-state index >= 15 is 0 Å². The van der Waals surface area contributed by atoms with Crippen molar-refractivity contribution in [1.29, 1.82) is 0 Å². The molecule has 0 bridgehead atoms. The standard InChI is InChI=1S/C14H19F2NO2S/c1-2-10-20(18,19)17-14(16)9-3-4-13(14)11-5-7-12(15)8-6-11/h5-8,13,17H,2-4,9-10H2,1H3. The Morgan fingerprint density at radius 3 is 2.60 bits per heavy atom. The van der Waals surface area contributed by atoms with Crippen LogP contribution in [0, 0.1) is 5.82 Å². The molecule has 1 aliphatic rings. The molecule has 20 heavy (non-hydrogen) atoms. The van der Waals surface area contributed by atoms with Crippen LogP contribution in [0.2, 0.25) is 0 Å². The molecule has 1 aromatic carbocycles. The number of hydrogen-bond acceptors (Lipinski definition) is 2. The van der Waals surface area contributed by atoms with Gasteiger partial charge in [-0.25, -0.2) is 17.2 Å². The minimum atomic E-state index is -3.62. The monoisotopic (exact) mass is 303 g/mol. The van der Waals surface area contributed by atoms with Crippen LogP contribution in [0.15, 0.2) is 24.3 Å². The van der Waals surface area contributed by atoms with Gasteiger partial charge in [-0.1, -0.05) is 19.1 Å². The average Bonchev–Trinajstić information content (AvgIpc) is 2.70. The second-order valence-corrected chi connectivity index (χ2v) is 7.12. The van der Waals surface area contributed by atoms with Gasteiger partial charge in [0.15, 0.2) is 5.79 Å². The van der Waals surface area contributed by atoms with Crippen LogP contribution in [0.1, 0.15) is 44.1 Å². The number of halogens is 2. The third-order valence-corrected chi connectivity index (χ3v) is 5.25. The lowest BCUT2D eigenvalue weighted by Crippen LogP contribution is -2.47. The fourth-order valence-electron chi connectivity index (χ4n) is 2.79. The number of alkyl halides is 1. The van der Waals surface area contributed by atoms with E-state index in [4.69, 9.17) is 0 Å². The highest BCUT2D eigenvalue weighted by Crippen LogP contribution is 2.44. The summed E-state index contributed by atoms with van der Waals surface area (Å²) in [5, 5.41) is 0. The molecule has 2 atom stereocenters. The molecule has 0 aromatic heterocycles. The van der Waals surface area contributed by atoms with Gasteiger partial charge in [0.1, 0.15) is 5.82 Å². The third-order valence-electron chi connectivity index (χ3n) is 3.66. The summed E-state index contributed by atoms with van der Waals surface area (Å²) < 4.78 is 53.8. The third kappa shape index (κ3) is 3.35. The Morgan fingerprint density at radius 2 is 2.00 bits per heavy atom. The summed E-state index contributed by atoms with van der Waals surface area (Å²) in [6.07, 6.45) is 1.74. The molecule has 2 unspecified atom stereocenters. The molecule has 0 saturated heterocycles. The normalized spacial score (nSPS) is 26.9. The Hall–Kier alpha value is -1.01. The van der Waals surface area contributed by atoms with Crippen LogP contribution in [-0.2, 0) is 10.0 Å². The zero-order valence-electron chi connectivity index (χ0n) is 11.4. The van der Waals surface area contributed by atoms with E-state index in [0.717, 1.165) is 0 Å². The van der Waals surface area contributed by atoms with E-state index in [1.807, 2.05) is 0 Å². The Morgan fingerprint density at radius 1 is 1.35 bits per heavy atom. The van der Waals surface area contributed by atoms with Crippen molar-refractivity contribution in [3.8, 4) is 0 Å². The van der Waals surface area contributed by atoms with Crippen molar-refractivity contribution >= 4 is 10.0 Å².